The molecule has 1 atom stereocenters. The minimum atomic E-state index is -0.612. The fourth-order valence-corrected chi connectivity index (χ4v) is 1.92. The van der Waals surface area contributed by atoms with Crippen LogP contribution in [0.25, 0.3) is 0 Å². The highest BCUT2D eigenvalue weighted by Gasteiger charge is 2.16. The van der Waals surface area contributed by atoms with Crippen molar-refractivity contribution >= 4 is 41.5 Å². The van der Waals surface area contributed by atoms with Crippen LogP contribution in [0.4, 0.5) is 5.69 Å². The first-order valence-electron chi connectivity index (χ1n) is 5.97. The molecule has 7 heteroatoms. The Hall–Kier alpha value is -1.30. The second kappa shape index (κ2) is 8.09. The van der Waals surface area contributed by atoms with Crippen LogP contribution in [0.15, 0.2) is 18.2 Å². The lowest BCUT2D eigenvalue weighted by molar-refractivity contribution is -0.117. The van der Waals surface area contributed by atoms with Gasteiger partial charge in [-0.2, -0.15) is 0 Å². The van der Waals surface area contributed by atoms with Gasteiger partial charge in [-0.3, -0.25) is 9.59 Å². The fraction of sp³-hybridized carbons (Fsp3) is 0.385. The number of benzene rings is 1. The monoisotopic (exact) mass is 319 g/mol. The molecule has 0 unspecified atom stereocenters. The number of primary amides is 1. The minimum absolute atomic E-state index is 0. The van der Waals surface area contributed by atoms with Gasteiger partial charge in [0, 0.05) is 5.69 Å². The average Bonchev–Trinajstić information content (AvgIpc) is 2.27. The van der Waals surface area contributed by atoms with Gasteiger partial charge in [0.1, 0.15) is 0 Å². The Balaban J connectivity index is 0.00000361. The lowest BCUT2D eigenvalue weighted by Crippen LogP contribution is -2.36. The smallest absolute Gasteiger partial charge is 0.250 e. The van der Waals surface area contributed by atoms with Gasteiger partial charge in [-0.1, -0.05) is 25.4 Å². The highest BCUT2D eigenvalue weighted by molar-refractivity contribution is 6.34. The molecule has 20 heavy (non-hydrogen) atoms. The summed E-state index contributed by atoms with van der Waals surface area (Å²) in [5.41, 5.74) is 11.6. The molecule has 1 rings (SSSR count). The van der Waals surface area contributed by atoms with Crippen molar-refractivity contribution in [2.45, 2.75) is 26.3 Å². The maximum atomic E-state index is 11.8. The fourth-order valence-electron chi connectivity index (χ4n) is 1.64. The molecule has 0 saturated heterocycles. The molecule has 0 saturated carbocycles. The first kappa shape index (κ1) is 18.7. The van der Waals surface area contributed by atoms with Gasteiger partial charge in [0.15, 0.2) is 0 Å². The molecule has 0 heterocycles. The summed E-state index contributed by atoms with van der Waals surface area (Å²) in [5.74, 6) is -0.558. The third-order valence-corrected chi connectivity index (χ3v) is 2.88. The predicted molar refractivity (Wildman–Crippen MR) is 83.3 cm³/mol. The summed E-state index contributed by atoms with van der Waals surface area (Å²) in [6, 6.07) is 3.93. The summed E-state index contributed by atoms with van der Waals surface area (Å²) in [6.07, 6.45) is 0.596. The maximum Gasteiger partial charge on any atom is 0.250 e. The third-order valence-electron chi connectivity index (χ3n) is 2.56. The van der Waals surface area contributed by atoms with Crippen molar-refractivity contribution in [2.75, 3.05) is 5.32 Å². The summed E-state index contributed by atoms with van der Waals surface area (Å²) < 4.78 is 0. The molecule has 0 aliphatic carbocycles. The number of halogens is 2. The second-order valence-corrected chi connectivity index (χ2v) is 5.19. The summed E-state index contributed by atoms with van der Waals surface area (Å²) >= 11 is 5.89. The van der Waals surface area contributed by atoms with Crippen LogP contribution in [0.2, 0.25) is 5.02 Å². The quantitative estimate of drug-likeness (QED) is 0.775. The molecule has 0 aliphatic heterocycles. The van der Waals surface area contributed by atoms with E-state index in [0.29, 0.717) is 18.0 Å². The normalized spacial score (nSPS) is 11.7. The van der Waals surface area contributed by atoms with E-state index in [-0.39, 0.29) is 28.9 Å². The zero-order chi connectivity index (χ0) is 14.6. The zero-order valence-electron chi connectivity index (χ0n) is 11.4. The summed E-state index contributed by atoms with van der Waals surface area (Å²) in [5, 5.41) is 2.85. The zero-order valence-corrected chi connectivity index (χ0v) is 12.9. The standard InChI is InChI=1S/C13H18ClN3O2.ClH/c1-7(2)5-11(15)13(19)17-8-3-4-9(12(16)18)10(14)6-8;/h3-4,6-7,11H,5,15H2,1-2H3,(H2,16,18)(H,17,19);1H/t11-;/m0./s1. The molecular weight excluding hydrogens is 301 g/mol. The van der Waals surface area contributed by atoms with E-state index in [1.165, 1.54) is 12.1 Å². The Morgan fingerprint density at radius 1 is 1.35 bits per heavy atom. The van der Waals surface area contributed by atoms with E-state index in [9.17, 15) is 9.59 Å². The number of hydrogen-bond donors (Lipinski definition) is 3. The van der Waals surface area contributed by atoms with Gasteiger partial charge in [0.25, 0.3) is 0 Å². The number of nitrogens with two attached hydrogens (primary N) is 2. The molecular formula is C13H19Cl2N3O2. The largest absolute Gasteiger partial charge is 0.366 e. The van der Waals surface area contributed by atoms with Crippen LogP contribution in [-0.4, -0.2) is 17.9 Å². The van der Waals surface area contributed by atoms with Crippen molar-refractivity contribution in [2.24, 2.45) is 17.4 Å². The molecule has 0 spiro atoms. The van der Waals surface area contributed by atoms with Crippen LogP contribution in [-0.2, 0) is 4.79 Å². The first-order valence-corrected chi connectivity index (χ1v) is 6.35. The van der Waals surface area contributed by atoms with Crippen LogP contribution >= 0.6 is 24.0 Å². The third kappa shape index (κ3) is 5.36. The first-order chi connectivity index (χ1) is 8.81. The highest BCUT2D eigenvalue weighted by Crippen LogP contribution is 2.20. The number of anilines is 1. The van der Waals surface area contributed by atoms with Crippen LogP contribution in [0.1, 0.15) is 30.6 Å². The molecule has 0 bridgehead atoms. The van der Waals surface area contributed by atoms with Gasteiger partial charge in [-0.25, -0.2) is 0 Å². The number of rotatable bonds is 5. The van der Waals surface area contributed by atoms with E-state index in [1.54, 1.807) is 6.07 Å². The molecule has 0 aliphatic rings. The number of amides is 2. The lowest BCUT2D eigenvalue weighted by Gasteiger charge is -2.14. The summed E-state index contributed by atoms with van der Waals surface area (Å²) in [6.45, 7) is 3.98. The van der Waals surface area contributed by atoms with E-state index >= 15 is 0 Å². The second-order valence-electron chi connectivity index (χ2n) is 4.78. The Bertz CT molecular complexity index is 493. The molecule has 0 aromatic heterocycles. The molecule has 5 nitrogen and oxygen atoms in total. The van der Waals surface area contributed by atoms with Gasteiger partial charge < -0.3 is 16.8 Å². The van der Waals surface area contributed by atoms with Gasteiger partial charge in [0.2, 0.25) is 11.8 Å². The van der Waals surface area contributed by atoms with Gasteiger partial charge in [0.05, 0.1) is 16.6 Å². The Kier molecular flexibility index (Phi) is 7.57. The number of carbonyl (C=O) groups is 2. The Labute approximate surface area is 129 Å². The summed E-state index contributed by atoms with van der Waals surface area (Å²) in [4.78, 5) is 22.8. The van der Waals surface area contributed by atoms with Crippen LogP contribution in [0.3, 0.4) is 0 Å². The van der Waals surface area contributed by atoms with E-state index in [2.05, 4.69) is 5.32 Å². The van der Waals surface area contributed by atoms with Crippen molar-refractivity contribution in [3.8, 4) is 0 Å². The van der Waals surface area contributed by atoms with Gasteiger partial charge in [-0.05, 0) is 30.5 Å². The van der Waals surface area contributed by atoms with E-state index in [0.717, 1.165) is 0 Å². The van der Waals surface area contributed by atoms with Crippen LogP contribution < -0.4 is 16.8 Å². The molecule has 5 N–H and O–H groups in total. The van der Waals surface area contributed by atoms with Crippen molar-refractivity contribution in [1.29, 1.82) is 0 Å². The van der Waals surface area contributed by atoms with E-state index < -0.39 is 11.9 Å². The Morgan fingerprint density at radius 3 is 2.40 bits per heavy atom. The van der Waals surface area contributed by atoms with E-state index in [4.69, 9.17) is 23.1 Å². The highest BCUT2D eigenvalue weighted by atomic mass is 35.5. The van der Waals surface area contributed by atoms with Gasteiger partial charge in [-0.15, -0.1) is 12.4 Å². The van der Waals surface area contributed by atoms with Crippen molar-refractivity contribution in [3.63, 3.8) is 0 Å². The number of carbonyl (C=O) groups excluding carboxylic acids is 2. The average molecular weight is 320 g/mol. The molecule has 1 aromatic carbocycles. The maximum absolute atomic E-state index is 11.8. The van der Waals surface area contributed by atoms with Gasteiger partial charge >= 0.3 is 0 Å². The SMILES string of the molecule is CC(C)C[C@H](N)C(=O)Nc1ccc(C(N)=O)c(Cl)c1.Cl. The number of hydrogen-bond acceptors (Lipinski definition) is 3. The minimum Gasteiger partial charge on any atom is -0.366 e. The van der Waals surface area contributed by atoms with Crippen molar-refractivity contribution < 1.29 is 9.59 Å². The van der Waals surface area contributed by atoms with E-state index in [1.807, 2.05) is 13.8 Å². The molecule has 0 fully saturated rings. The van der Waals surface area contributed by atoms with Crippen LogP contribution in [0, 0.1) is 5.92 Å². The Morgan fingerprint density at radius 2 is 1.95 bits per heavy atom. The topological polar surface area (TPSA) is 98.2 Å². The summed E-state index contributed by atoms with van der Waals surface area (Å²) in [7, 11) is 0. The molecule has 0 radical (unpaired) electrons. The van der Waals surface area contributed by atoms with Crippen molar-refractivity contribution in [3.05, 3.63) is 28.8 Å². The van der Waals surface area contributed by atoms with Crippen LogP contribution in [0.5, 0.6) is 0 Å². The number of nitrogens with one attached hydrogen (secondary N) is 1. The lowest BCUT2D eigenvalue weighted by atomic mass is 10.0. The molecule has 2 amide bonds. The molecule has 112 valence electrons. The molecule has 1 aromatic rings. The van der Waals surface area contributed by atoms with Crippen molar-refractivity contribution in [1.82, 2.24) is 0 Å². The predicted octanol–water partition coefficient (Wildman–Crippen LogP) is 2.17.